The molecule has 9 rings (SSSR count). The molecule has 1 heterocycles. The van der Waals surface area contributed by atoms with Crippen LogP contribution in [0.4, 0.5) is 34.1 Å². The van der Waals surface area contributed by atoms with Crippen LogP contribution in [0, 0.1) is 13.8 Å². The molecule has 0 aliphatic carbocycles. The Morgan fingerprint density at radius 2 is 0.694 bits per heavy atom. The molecule has 0 atom stereocenters. The number of nitrogens with zero attached hydrogens (tertiary/aromatic N) is 2. The maximum absolute atomic E-state index is 2.39. The van der Waals surface area contributed by atoms with Crippen molar-refractivity contribution >= 4 is 87.2 Å². The first kappa shape index (κ1) is 29.3. The fourth-order valence-electron chi connectivity index (χ4n) is 6.95. The molecule has 0 N–H and O–H groups in total. The standard InChI is InChI=1S/C46H34N2S/c1-31-13-19-39(20-14-31)47(37-9-5-3-6-10-37)41-23-17-33-29-45-43(27-35(33)25-41)44-28-36-26-42(24-18-34(36)30-46(44)49-45)48(38-11-7-4-8-12-38)40-21-15-32(2)16-22-40/h3-30H,1-2H3. The van der Waals surface area contributed by atoms with E-state index in [1.807, 2.05) is 11.3 Å². The molecule has 0 unspecified atom stereocenters. The smallest absolute Gasteiger partial charge is 0.0468 e. The topological polar surface area (TPSA) is 6.48 Å². The summed E-state index contributed by atoms with van der Waals surface area (Å²) in [5.41, 5.74) is 9.39. The molecule has 1 aromatic heterocycles. The van der Waals surface area contributed by atoms with Gasteiger partial charge >= 0.3 is 0 Å². The van der Waals surface area contributed by atoms with Gasteiger partial charge in [0, 0.05) is 54.3 Å². The molecule has 0 bridgehead atoms. The second kappa shape index (κ2) is 12.0. The Labute approximate surface area is 290 Å². The van der Waals surface area contributed by atoms with Crippen LogP contribution in [0.1, 0.15) is 11.1 Å². The molecule has 0 radical (unpaired) electrons. The SMILES string of the molecule is Cc1ccc(N(c2ccccc2)c2ccc3cc4sc5cc6ccc(N(c7ccccc7)c7ccc(C)cc7)cc6cc5c4cc3c2)cc1. The minimum Gasteiger partial charge on any atom is -0.310 e. The normalized spacial score (nSPS) is 11.5. The second-order valence-corrected chi connectivity index (χ2v) is 14.0. The highest BCUT2D eigenvalue weighted by Crippen LogP contribution is 2.42. The van der Waals surface area contributed by atoms with Crippen LogP contribution in [-0.4, -0.2) is 0 Å². The minimum atomic E-state index is 1.14. The molecule has 0 aliphatic rings. The minimum absolute atomic E-state index is 1.14. The van der Waals surface area contributed by atoms with E-state index in [0.29, 0.717) is 0 Å². The van der Waals surface area contributed by atoms with Crippen molar-refractivity contribution < 1.29 is 0 Å². The monoisotopic (exact) mass is 646 g/mol. The van der Waals surface area contributed by atoms with E-state index in [4.69, 9.17) is 0 Å². The third-order valence-corrected chi connectivity index (χ3v) is 10.6. The summed E-state index contributed by atoms with van der Waals surface area (Å²) in [6, 6.07) is 62.1. The zero-order chi connectivity index (χ0) is 32.9. The number of hydrogen-bond acceptors (Lipinski definition) is 3. The van der Waals surface area contributed by atoms with Gasteiger partial charge in [0.05, 0.1) is 0 Å². The van der Waals surface area contributed by atoms with Crippen molar-refractivity contribution in [3.63, 3.8) is 0 Å². The van der Waals surface area contributed by atoms with Crippen molar-refractivity contribution in [2.24, 2.45) is 0 Å². The van der Waals surface area contributed by atoms with E-state index in [-0.39, 0.29) is 0 Å². The first-order valence-corrected chi connectivity index (χ1v) is 17.6. The summed E-state index contributed by atoms with van der Waals surface area (Å²) in [6.07, 6.45) is 0. The first-order chi connectivity index (χ1) is 24.1. The van der Waals surface area contributed by atoms with Gasteiger partial charge in [0.25, 0.3) is 0 Å². The number of rotatable bonds is 6. The van der Waals surface area contributed by atoms with Gasteiger partial charge in [-0.2, -0.15) is 0 Å². The number of para-hydroxylation sites is 2. The molecular formula is C46H34N2S. The van der Waals surface area contributed by atoms with Gasteiger partial charge in [0.1, 0.15) is 0 Å². The van der Waals surface area contributed by atoms with E-state index in [0.717, 1.165) is 34.1 Å². The van der Waals surface area contributed by atoms with Gasteiger partial charge in [-0.1, -0.05) is 83.9 Å². The summed E-state index contributed by atoms with van der Waals surface area (Å²) < 4.78 is 2.63. The average molecular weight is 647 g/mol. The van der Waals surface area contributed by atoms with Crippen molar-refractivity contribution in [3.8, 4) is 0 Å². The Morgan fingerprint density at radius 3 is 1.10 bits per heavy atom. The molecule has 0 aliphatic heterocycles. The van der Waals surface area contributed by atoms with E-state index in [1.54, 1.807) is 0 Å². The Kier molecular flexibility index (Phi) is 7.14. The summed E-state index contributed by atoms with van der Waals surface area (Å²) in [4.78, 5) is 4.69. The number of hydrogen-bond donors (Lipinski definition) is 0. The van der Waals surface area contributed by atoms with Crippen molar-refractivity contribution in [2.75, 3.05) is 9.80 Å². The average Bonchev–Trinajstić information content (AvgIpc) is 3.48. The second-order valence-electron chi connectivity index (χ2n) is 12.9. The highest BCUT2D eigenvalue weighted by molar-refractivity contribution is 7.26. The highest BCUT2D eigenvalue weighted by atomic mass is 32.1. The van der Waals surface area contributed by atoms with Crippen LogP contribution in [0.15, 0.2) is 170 Å². The maximum Gasteiger partial charge on any atom is 0.0468 e. The third kappa shape index (κ3) is 5.39. The summed E-state index contributed by atoms with van der Waals surface area (Å²) in [5.74, 6) is 0. The van der Waals surface area contributed by atoms with Crippen molar-refractivity contribution in [1.82, 2.24) is 0 Å². The summed E-state index contributed by atoms with van der Waals surface area (Å²) >= 11 is 1.88. The van der Waals surface area contributed by atoms with Gasteiger partial charge in [-0.3, -0.25) is 0 Å². The summed E-state index contributed by atoms with van der Waals surface area (Å²) in [6.45, 7) is 4.27. The largest absolute Gasteiger partial charge is 0.310 e. The predicted octanol–water partition coefficient (Wildman–Crippen LogP) is 13.9. The van der Waals surface area contributed by atoms with Crippen molar-refractivity contribution in [2.45, 2.75) is 13.8 Å². The van der Waals surface area contributed by atoms with Crippen LogP contribution in [0.5, 0.6) is 0 Å². The predicted molar refractivity (Wildman–Crippen MR) is 213 cm³/mol. The maximum atomic E-state index is 2.39. The molecule has 0 saturated heterocycles. The first-order valence-electron chi connectivity index (χ1n) is 16.7. The van der Waals surface area contributed by atoms with Gasteiger partial charge in [-0.15, -0.1) is 11.3 Å². The van der Waals surface area contributed by atoms with E-state index in [2.05, 4.69) is 194 Å². The molecule has 0 fully saturated rings. The Hall–Kier alpha value is -5.90. The van der Waals surface area contributed by atoms with Crippen LogP contribution >= 0.6 is 11.3 Å². The molecule has 0 saturated carbocycles. The molecule has 3 heteroatoms. The quantitative estimate of drug-likeness (QED) is 0.177. The summed E-state index contributed by atoms with van der Waals surface area (Å²) in [5, 5.41) is 7.59. The third-order valence-electron chi connectivity index (χ3n) is 9.48. The van der Waals surface area contributed by atoms with E-state index >= 15 is 0 Å². The zero-order valence-electron chi connectivity index (χ0n) is 27.5. The number of fused-ring (bicyclic) bond motifs is 5. The molecular weight excluding hydrogens is 613 g/mol. The fourth-order valence-corrected chi connectivity index (χ4v) is 8.12. The lowest BCUT2D eigenvalue weighted by Gasteiger charge is -2.26. The lowest BCUT2D eigenvalue weighted by atomic mass is 10.0. The number of thiophene rings is 1. The van der Waals surface area contributed by atoms with Gasteiger partial charge < -0.3 is 9.80 Å². The van der Waals surface area contributed by atoms with E-state index < -0.39 is 0 Å². The van der Waals surface area contributed by atoms with E-state index in [9.17, 15) is 0 Å². The van der Waals surface area contributed by atoms with Crippen LogP contribution in [-0.2, 0) is 0 Å². The fraction of sp³-hybridized carbons (Fsp3) is 0.0435. The Bertz CT molecular complexity index is 2420. The lowest BCUT2D eigenvalue weighted by Crippen LogP contribution is -2.09. The Balaban J connectivity index is 1.18. The zero-order valence-corrected chi connectivity index (χ0v) is 28.3. The number of aryl methyl sites for hydroxylation is 2. The summed E-state index contributed by atoms with van der Waals surface area (Å²) in [7, 11) is 0. The molecule has 9 aromatic rings. The van der Waals surface area contributed by atoms with Crippen LogP contribution in [0.3, 0.4) is 0 Å². The highest BCUT2D eigenvalue weighted by Gasteiger charge is 2.16. The van der Waals surface area contributed by atoms with Crippen molar-refractivity contribution in [3.05, 3.63) is 181 Å². The van der Waals surface area contributed by atoms with Crippen LogP contribution in [0.25, 0.3) is 41.7 Å². The van der Waals surface area contributed by atoms with Gasteiger partial charge in [0.15, 0.2) is 0 Å². The van der Waals surface area contributed by atoms with Gasteiger partial charge in [0.2, 0.25) is 0 Å². The van der Waals surface area contributed by atoms with Crippen LogP contribution in [0.2, 0.25) is 0 Å². The Morgan fingerprint density at radius 1 is 0.327 bits per heavy atom. The van der Waals surface area contributed by atoms with E-state index in [1.165, 1.54) is 52.8 Å². The molecule has 8 aromatic carbocycles. The molecule has 234 valence electrons. The molecule has 49 heavy (non-hydrogen) atoms. The molecule has 0 amide bonds. The lowest BCUT2D eigenvalue weighted by molar-refractivity contribution is 1.28. The molecule has 2 nitrogen and oxygen atoms in total. The number of benzene rings is 8. The van der Waals surface area contributed by atoms with Crippen molar-refractivity contribution in [1.29, 1.82) is 0 Å². The number of anilines is 6. The molecule has 0 spiro atoms. The van der Waals surface area contributed by atoms with Gasteiger partial charge in [-0.25, -0.2) is 0 Å². The van der Waals surface area contributed by atoms with Crippen LogP contribution < -0.4 is 9.80 Å². The van der Waals surface area contributed by atoms with Gasteiger partial charge in [-0.05, 0) is 132 Å².